The molecule has 0 heterocycles. The van der Waals surface area contributed by atoms with Gasteiger partial charge in [0.15, 0.2) is 0 Å². The SMILES string of the molecule is Cc1c(N(c2ccccc2-c2ccccc2)C(C)(C)C)ccc2c1-c1ccccc1C2(C)C.[2H]C(C)(C)c1c(N(c2ccccc2-c2ccccc2)C(C)(C)C)ccc2c1-c1ccccc1C2(C)C.[2H]C(C)(C)c1c(N(c2ccccc2-c2ccccc2)C(C)(C)C)ccc2c1-c1ccccc1C2(C)C.[2H]C(C)c1c(N(c2ccccc2-c2ccccc2)C(C)(C)C)ccc2c1-c1ccccc1C2(C)C. The average molecular weight is 1800 g/mol. The zero-order chi connectivity index (χ0) is 100. The van der Waals surface area contributed by atoms with E-state index in [9.17, 15) is 2.74 Å². The Morgan fingerprint density at radius 3 is 0.701 bits per heavy atom. The lowest BCUT2D eigenvalue weighted by molar-refractivity contribution is 0.557. The van der Waals surface area contributed by atoms with E-state index in [4.69, 9.17) is 1.37 Å². The molecule has 0 fully saturated rings. The number of anilines is 8. The van der Waals surface area contributed by atoms with Crippen LogP contribution in [0, 0.1) is 6.92 Å². The van der Waals surface area contributed by atoms with Gasteiger partial charge in [-0.05, 0) is 290 Å². The fourth-order valence-electron chi connectivity index (χ4n) is 23.0. The van der Waals surface area contributed by atoms with Crippen LogP contribution < -0.4 is 19.6 Å². The standard InChI is InChI=1S/2C34H37N.C33H35N.C32H33N/c2*1-23(2)31-30(22-21-28-32(31)26-18-11-13-19-27(26)34(28,6)7)35(33(3,4)5)29-20-14-12-17-25(29)24-15-9-8-10-16-24;1-7-24-30(22-21-28-31(24)26-18-11-13-19-27(26)33(28,5)6)34(32(2,3)4)29-20-14-12-17-25(29)23-15-9-8-10-16-23;1-22-28(21-20-27-30(22)25-17-10-12-18-26(25)32(27,5)6)33(31(2,3)4)29-19-13-11-16-24(29)23-14-8-7-9-15-23/h2*8-23H,1-7H3;8-22H,7H2,1-6H3;7-21H,1-6H3/i2*23D;7D;. The molecule has 0 amide bonds. The van der Waals surface area contributed by atoms with Crippen LogP contribution in [0.25, 0.3) is 89.0 Å². The molecule has 4 aliphatic carbocycles. The molecular weight excluding hydrogens is 1650 g/mol. The molecule has 137 heavy (non-hydrogen) atoms. The highest BCUT2D eigenvalue weighted by Gasteiger charge is 2.45. The van der Waals surface area contributed by atoms with Gasteiger partial charge in [-0.15, -0.1) is 0 Å². The van der Waals surface area contributed by atoms with Crippen LogP contribution in [-0.4, -0.2) is 22.2 Å². The van der Waals surface area contributed by atoms with E-state index in [1.165, 1.54) is 156 Å². The Bertz CT molecular complexity index is 7050. The highest BCUT2D eigenvalue weighted by molar-refractivity contribution is 5.97. The quantitative estimate of drug-likeness (QED) is 0.101. The molecule has 16 aromatic carbocycles. The van der Waals surface area contributed by atoms with E-state index in [1.54, 1.807) is 0 Å². The van der Waals surface area contributed by atoms with Crippen LogP contribution in [0.2, 0.25) is 0 Å². The molecule has 4 aliphatic rings. The average Bonchev–Trinajstić information content (AvgIpc) is 1.54. The van der Waals surface area contributed by atoms with Crippen molar-refractivity contribution >= 4 is 45.5 Å². The molecule has 16 aromatic rings. The van der Waals surface area contributed by atoms with E-state index in [0.717, 1.165) is 45.1 Å². The Morgan fingerprint density at radius 1 is 0.226 bits per heavy atom. The third-order valence-electron chi connectivity index (χ3n) is 29.1. The maximum absolute atomic E-state index is 9.40. The van der Waals surface area contributed by atoms with Gasteiger partial charge in [-0.2, -0.15) is 0 Å². The van der Waals surface area contributed by atoms with E-state index in [0.29, 0.717) is 0 Å². The predicted octanol–water partition coefficient (Wildman–Crippen LogP) is 37.5. The van der Waals surface area contributed by atoms with Crippen LogP contribution in [0.15, 0.2) is 364 Å². The number of para-hydroxylation sites is 4. The van der Waals surface area contributed by atoms with E-state index < -0.39 is 11.8 Å². The lowest BCUT2D eigenvalue weighted by Gasteiger charge is -2.41. The van der Waals surface area contributed by atoms with E-state index in [2.05, 4.69) is 529 Å². The second kappa shape index (κ2) is 37.0. The summed E-state index contributed by atoms with van der Waals surface area (Å²) in [6.45, 7) is 58.3. The second-order valence-electron chi connectivity index (χ2n) is 44.3. The topological polar surface area (TPSA) is 13.0 Å². The fraction of sp³-hybridized carbons (Fsp3) is 0.278. The minimum atomic E-state index is -0.792. The summed E-state index contributed by atoms with van der Waals surface area (Å²) in [6, 6.07) is 131. The van der Waals surface area contributed by atoms with E-state index in [1.807, 2.05) is 34.6 Å². The summed E-state index contributed by atoms with van der Waals surface area (Å²) >= 11 is 0. The van der Waals surface area contributed by atoms with Crippen LogP contribution >= 0.6 is 0 Å². The Hall–Kier alpha value is -13.3. The van der Waals surface area contributed by atoms with Gasteiger partial charge in [0.2, 0.25) is 0 Å². The van der Waals surface area contributed by atoms with Gasteiger partial charge in [0.1, 0.15) is 0 Å². The van der Waals surface area contributed by atoms with Crippen LogP contribution in [0.1, 0.15) is 256 Å². The molecule has 0 aromatic heterocycles. The third kappa shape index (κ3) is 17.4. The van der Waals surface area contributed by atoms with Crippen molar-refractivity contribution in [3.8, 4) is 89.0 Å². The molecule has 4 heteroatoms. The van der Waals surface area contributed by atoms with Crippen molar-refractivity contribution in [2.75, 3.05) is 19.6 Å². The predicted molar refractivity (Wildman–Crippen MR) is 593 cm³/mol. The number of hydrogen-bond acceptors (Lipinski definition) is 4. The van der Waals surface area contributed by atoms with Crippen molar-refractivity contribution in [2.45, 2.75) is 242 Å². The lowest BCUT2D eigenvalue weighted by Crippen LogP contribution is -2.38. The first-order chi connectivity index (χ1) is 66.2. The monoisotopic (exact) mass is 1800 g/mol. The van der Waals surface area contributed by atoms with E-state index in [-0.39, 0.29) is 50.2 Å². The molecule has 0 N–H and O–H groups in total. The van der Waals surface area contributed by atoms with Gasteiger partial charge in [0.05, 0.1) is 0 Å². The van der Waals surface area contributed by atoms with Crippen LogP contribution in [0.5, 0.6) is 0 Å². The molecule has 20 rings (SSSR count). The van der Waals surface area contributed by atoms with Crippen molar-refractivity contribution in [2.24, 2.45) is 0 Å². The minimum absolute atomic E-state index is 0.0176. The van der Waals surface area contributed by atoms with Crippen LogP contribution in [0.3, 0.4) is 0 Å². The summed E-state index contributed by atoms with van der Waals surface area (Å²) in [5.41, 5.74) is 43.8. The summed E-state index contributed by atoms with van der Waals surface area (Å²) < 4.78 is 27.9. The highest BCUT2D eigenvalue weighted by atomic mass is 15.2. The molecular formula is C133H142N4. The number of nitrogens with zero attached hydrogens (tertiary/aromatic N) is 4. The summed E-state index contributed by atoms with van der Waals surface area (Å²) in [7, 11) is 0. The van der Waals surface area contributed by atoms with Gasteiger partial charge >= 0.3 is 0 Å². The highest BCUT2D eigenvalue weighted by Crippen LogP contribution is 2.61. The van der Waals surface area contributed by atoms with Gasteiger partial charge < -0.3 is 19.6 Å². The van der Waals surface area contributed by atoms with Gasteiger partial charge in [-0.25, -0.2) is 0 Å². The fourth-order valence-corrected chi connectivity index (χ4v) is 23.0. The van der Waals surface area contributed by atoms with Crippen molar-refractivity contribution in [3.05, 3.63) is 431 Å². The molecule has 0 spiro atoms. The summed E-state index contributed by atoms with van der Waals surface area (Å²) in [6.07, 6.45) is -0.365. The molecule has 0 saturated carbocycles. The summed E-state index contributed by atoms with van der Waals surface area (Å²) in [5.74, 6) is -1.58. The molecule has 1 atom stereocenters. The van der Waals surface area contributed by atoms with Crippen LogP contribution in [-0.2, 0) is 28.1 Å². The largest absolute Gasteiger partial charge is 0.335 e. The maximum Gasteiger partial charge on any atom is 0.0495 e. The zero-order valence-electron chi connectivity index (χ0n) is 89.0. The first kappa shape index (κ1) is 91.5. The van der Waals surface area contributed by atoms with Crippen molar-refractivity contribution < 1.29 is 4.11 Å². The number of benzene rings is 16. The van der Waals surface area contributed by atoms with Crippen molar-refractivity contribution in [1.29, 1.82) is 0 Å². The zero-order valence-corrected chi connectivity index (χ0v) is 86.0. The number of rotatable bonds is 15. The first-order valence-electron chi connectivity index (χ1n) is 51.0. The minimum Gasteiger partial charge on any atom is -0.335 e. The van der Waals surface area contributed by atoms with E-state index >= 15 is 0 Å². The van der Waals surface area contributed by atoms with Crippen molar-refractivity contribution in [3.63, 3.8) is 0 Å². The Kier molecular flexibility index (Phi) is 24.7. The third-order valence-corrected chi connectivity index (χ3v) is 29.1. The van der Waals surface area contributed by atoms with Gasteiger partial charge in [0, 0.05) is 116 Å². The van der Waals surface area contributed by atoms with Gasteiger partial charge in [-0.1, -0.05) is 405 Å². The first-order valence-corrected chi connectivity index (χ1v) is 49.5. The second-order valence-corrected chi connectivity index (χ2v) is 44.3. The number of fused-ring (bicyclic) bond motifs is 12. The summed E-state index contributed by atoms with van der Waals surface area (Å²) in [5, 5.41) is 0. The van der Waals surface area contributed by atoms with Gasteiger partial charge in [0.25, 0.3) is 0 Å². The molecule has 4 nitrogen and oxygen atoms in total. The summed E-state index contributed by atoms with van der Waals surface area (Å²) in [4.78, 5) is 9.88. The molecule has 0 saturated heterocycles. The maximum atomic E-state index is 9.40. The normalized spacial score (nSPS) is 14.7. The number of hydrogen-bond donors (Lipinski definition) is 0. The van der Waals surface area contributed by atoms with Crippen molar-refractivity contribution in [1.82, 2.24) is 0 Å². The lowest BCUT2D eigenvalue weighted by atomic mass is 9.81. The molecule has 0 radical (unpaired) electrons. The molecule has 694 valence electrons. The molecule has 0 bridgehead atoms. The molecule has 1 unspecified atom stereocenters. The Labute approximate surface area is 825 Å². The Morgan fingerprint density at radius 2 is 0.431 bits per heavy atom. The van der Waals surface area contributed by atoms with Crippen LogP contribution in [0.4, 0.5) is 45.5 Å². The molecule has 0 aliphatic heterocycles. The Balaban J connectivity index is 0.000000129. The smallest absolute Gasteiger partial charge is 0.0495 e. The van der Waals surface area contributed by atoms with Gasteiger partial charge in [-0.3, -0.25) is 0 Å².